The monoisotopic (exact) mass is 412 g/mol. The number of thiazole rings is 1. The van der Waals surface area contributed by atoms with Gasteiger partial charge in [0.1, 0.15) is 11.3 Å². The number of hydrogen-bond donors (Lipinski definition) is 0. The molecule has 5 nitrogen and oxygen atoms in total. The quantitative estimate of drug-likeness (QED) is 0.451. The molecule has 0 radical (unpaired) electrons. The van der Waals surface area contributed by atoms with Crippen molar-refractivity contribution in [3.63, 3.8) is 0 Å². The molecule has 0 aliphatic rings. The predicted octanol–water partition coefficient (Wildman–Crippen LogP) is 4.44. The lowest BCUT2D eigenvalue weighted by Crippen LogP contribution is -2.33. The van der Waals surface area contributed by atoms with Crippen molar-refractivity contribution >= 4 is 32.6 Å². The Balaban J connectivity index is 1.59. The first kappa shape index (κ1) is 19.2. The lowest BCUT2D eigenvalue weighted by molar-refractivity contribution is -0.118. The van der Waals surface area contributed by atoms with E-state index in [1.165, 1.54) is 6.07 Å². The fourth-order valence-corrected chi connectivity index (χ4v) is 4.13. The molecule has 148 valence electrons. The smallest absolute Gasteiger partial charge is 0.233 e. The Morgan fingerprint density at radius 2 is 2.00 bits per heavy atom. The number of aryl methyl sites for hydroxylation is 1. The summed E-state index contributed by atoms with van der Waals surface area (Å²) < 4.78 is 30.0. The minimum absolute atomic E-state index is 0.0820. The van der Waals surface area contributed by atoms with E-state index in [-0.39, 0.29) is 17.8 Å². The highest BCUT2D eigenvalue weighted by Gasteiger charge is 2.21. The molecule has 0 saturated heterocycles. The zero-order valence-electron chi connectivity index (χ0n) is 15.5. The summed E-state index contributed by atoms with van der Waals surface area (Å²) in [6, 6.07) is 11.5. The molecule has 0 fully saturated rings. The first-order valence-electron chi connectivity index (χ1n) is 9.16. The Morgan fingerprint density at radius 1 is 1.17 bits per heavy atom. The van der Waals surface area contributed by atoms with E-state index in [1.54, 1.807) is 17.4 Å². The second-order valence-corrected chi connectivity index (χ2v) is 7.60. The van der Waals surface area contributed by atoms with Gasteiger partial charge in [-0.2, -0.15) is 0 Å². The lowest BCUT2D eigenvalue weighted by atomic mass is 10.1. The molecule has 0 N–H and O–H groups in total. The predicted molar refractivity (Wildman–Crippen MR) is 109 cm³/mol. The van der Waals surface area contributed by atoms with Crippen molar-refractivity contribution in [3.05, 3.63) is 78.4 Å². The van der Waals surface area contributed by atoms with E-state index in [9.17, 15) is 13.6 Å². The van der Waals surface area contributed by atoms with Crippen LogP contribution in [0.3, 0.4) is 0 Å². The van der Waals surface area contributed by atoms with Gasteiger partial charge in [-0.15, -0.1) is 0 Å². The third-order valence-corrected chi connectivity index (χ3v) is 5.51. The highest BCUT2D eigenvalue weighted by atomic mass is 32.1. The molecule has 8 heteroatoms. The summed E-state index contributed by atoms with van der Waals surface area (Å²) >= 11 is 1.12. The fraction of sp³-hybridized carbons (Fsp3) is 0.190. The molecule has 4 aromatic rings. The van der Waals surface area contributed by atoms with Crippen LogP contribution in [0.25, 0.3) is 10.2 Å². The molecule has 1 amide bonds. The molecule has 0 bridgehead atoms. The average molecular weight is 412 g/mol. The number of nitrogens with zero attached hydrogens (tertiary/aromatic N) is 4. The third kappa shape index (κ3) is 4.48. The molecule has 0 saturated carbocycles. The maximum atomic E-state index is 14.1. The average Bonchev–Trinajstić information content (AvgIpc) is 3.35. The van der Waals surface area contributed by atoms with Gasteiger partial charge in [0.15, 0.2) is 10.9 Å². The van der Waals surface area contributed by atoms with E-state index in [0.29, 0.717) is 29.3 Å². The zero-order valence-corrected chi connectivity index (χ0v) is 16.3. The highest BCUT2D eigenvalue weighted by Crippen LogP contribution is 2.31. The van der Waals surface area contributed by atoms with Crippen molar-refractivity contribution in [1.82, 2.24) is 14.5 Å². The minimum atomic E-state index is -0.726. The van der Waals surface area contributed by atoms with Crippen LogP contribution in [0.1, 0.15) is 12.0 Å². The Morgan fingerprint density at radius 3 is 2.76 bits per heavy atom. The summed E-state index contributed by atoms with van der Waals surface area (Å²) in [7, 11) is 0. The van der Waals surface area contributed by atoms with Crippen LogP contribution >= 0.6 is 11.3 Å². The molecule has 2 heterocycles. The normalized spacial score (nSPS) is 11.1. The fourth-order valence-electron chi connectivity index (χ4n) is 3.08. The van der Waals surface area contributed by atoms with E-state index >= 15 is 0 Å². The van der Waals surface area contributed by atoms with Crippen LogP contribution in [-0.2, 0) is 17.8 Å². The van der Waals surface area contributed by atoms with E-state index in [0.717, 1.165) is 23.0 Å². The molecule has 4 rings (SSSR count). The summed E-state index contributed by atoms with van der Waals surface area (Å²) in [5, 5.41) is 0.371. The molecule has 0 atom stereocenters. The van der Waals surface area contributed by atoms with Crippen molar-refractivity contribution in [1.29, 1.82) is 0 Å². The third-order valence-electron chi connectivity index (χ3n) is 4.49. The molecular formula is C21H18F2N4OS. The van der Waals surface area contributed by atoms with Crippen molar-refractivity contribution in [3.8, 4) is 0 Å². The Hall–Kier alpha value is -3.13. The highest BCUT2D eigenvalue weighted by molar-refractivity contribution is 7.22. The molecule has 0 spiro atoms. The van der Waals surface area contributed by atoms with Crippen molar-refractivity contribution in [2.24, 2.45) is 0 Å². The number of rotatable bonds is 7. The Kier molecular flexibility index (Phi) is 5.62. The second-order valence-electron chi connectivity index (χ2n) is 6.59. The summed E-state index contributed by atoms with van der Waals surface area (Å²) in [4.78, 5) is 22.9. The van der Waals surface area contributed by atoms with E-state index in [2.05, 4.69) is 9.97 Å². The van der Waals surface area contributed by atoms with Gasteiger partial charge in [0, 0.05) is 31.5 Å². The van der Waals surface area contributed by atoms with Gasteiger partial charge < -0.3 is 4.57 Å². The number of halogens is 2. The number of anilines is 1. The van der Waals surface area contributed by atoms with Gasteiger partial charge in [-0.05, 0) is 18.1 Å². The maximum absolute atomic E-state index is 14.1. The van der Waals surface area contributed by atoms with Crippen molar-refractivity contribution in [2.45, 2.75) is 19.4 Å². The first-order chi connectivity index (χ1) is 14.1. The van der Waals surface area contributed by atoms with E-state index in [4.69, 9.17) is 0 Å². The number of amides is 1. The molecule has 0 unspecified atom stereocenters. The molecule has 29 heavy (non-hydrogen) atoms. The number of imidazole rings is 1. The van der Waals surface area contributed by atoms with Crippen LogP contribution in [0.15, 0.2) is 61.2 Å². The van der Waals surface area contributed by atoms with Crippen LogP contribution in [0.2, 0.25) is 0 Å². The topological polar surface area (TPSA) is 51.0 Å². The van der Waals surface area contributed by atoms with Crippen LogP contribution in [0.4, 0.5) is 13.9 Å². The number of carbonyl (C=O) groups is 1. The van der Waals surface area contributed by atoms with Crippen molar-refractivity contribution < 1.29 is 13.6 Å². The first-order valence-corrected chi connectivity index (χ1v) is 9.97. The van der Waals surface area contributed by atoms with Gasteiger partial charge in [0.05, 0.1) is 17.4 Å². The van der Waals surface area contributed by atoms with E-state index in [1.807, 2.05) is 41.1 Å². The summed E-state index contributed by atoms with van der Waals surface area (Å²) in [6.45, 7) is 1.09. The second kappa shape index (κ2) is 8.48. The van der Waals surface area contributed by atoms with Crippen molar-refractivity contribution in [2.75, 3.05) is 11.4 Å². The van der Waals surface area contributed by atoms with Gasteiger partial charge in [-0.3, -0.25) is 9.69 Å². The molecule has 0 aliphatic heterocycles. The zero-order chi connectivity index (χ0) is 20.2. The SMILES string of the molecule is O=C(Cc1ccccc1)N(CCCn1ccnc1)c1nc2c(F)cc(F)cc2s1. The largest absolute Gasteiger partial charge is 0.337 e. The van der Waals surface area contributed by atoms with Crippen LogP contribution in [-0.4, -0.2) is 27.0 Å². The number of aromatic nitrogens is 3. The van der Waals surface area contributed by atoms with Crippen LogP contribution < -0.4 is 4.90 Å². The van der Waals surface area contributed by atoms with Gasteiger partial charge >= 0.3 is 0 Å². The number of carbonyl (C=O) groups excluding carboxylic acids is 1. The lowest BCUT2D eigenvalue weighted by Gasteiger charge is -2.20. The number of hydrogen-bond acceptors (Lipinski definition) is 4. The van der Waals surface area contributed by atoms with Gasteiger partial charge in [-0.1, -0.05) is 41.7 Å². The van der Waals surface area contributed by atoms with Crippen LogP contribution in [0, 0.1) is 11.6 Å². The maximum Gasteiger partial charge on any atom is 0.233 e. The number of fused-ring (bicyclic) bond motifs is 1. The van der Waals surface area contributed by atoms with Crippen LogP contribution in [0.5, 0.6) is 0 Å². The number of benzene rings is 2. The molecule has 2 aromatic heterocycles. The molecule has 0 aliphatic carbocycles. The van der Waals surface area contributed by atoms with Gasteiger partial charge in [0.25, 0.3) is 0 Å². The molecular weight excluding hydrogens is 394 g/mol. The van der Waals surface area contributed by atoms with E-state index < -0.39 is 11.6 Å². The Labute approximate surface area is 170 Å². The van der Waals surface area contributed by atoms with Gasteiger partial charge in [0.2, 0.25) is 5.91 Å². The summed E-state index contributed by atoms with van der Waals surface area (Å²) in [5.74, 6) is -1.52. The summed E-state index contributed by atoms with van der Waals surface area (Å²) in [6.07, 6.45) is 6.14. The van der Waals surface area contributed by atoms with Gasteiger partial charge in [-0.25, -0.2) is 18.7 Å². The molecule has 2 aromatic carbocycles. The summed E-state index contributed by atoms with van der Waals surface area (Å²) in [5.41, 5.74) is 0.967. The Bertz CT molecular complexity index is 1110. The minimum Gasteiger partial charge on any atom is -0.337 e. The standard InChI is InChI=1S/C21H18F2N4OS/c22-16-12-17(23)20-18(13-16)29-21(25-20)27(9-4-8-26-10-7-24-14-26)19(28)11-15-5-2-1-3-6-15/h1-3,5-7,10,12-14H,4,8-9,11H2.